The van der Waals surface area contributed by atoms with Crippen LogP contribution in [0, 0.1) is 0 Å². The molecule has 110 valence electrons. The summed E-state index contributed by atoms with van der Waals surface area (Å²) in [7, 11) is 0. The number of benzene rings is 1. The van der Waals surface area contributed by atoms with E-state index in [4.69, 9.17) is 9.72 Å². The van der Waals surface area contributed by atoms with E-state index in [2.05, 4.69) is 6.07 Å². The van der Waals surface area contributed by atoms with Crippen molar-refractivity contribution in [3.05, 3.63) is 29.3 Å². The van der Waals surface area contributed by atoms with Crippen LogP contribution in [0.1, 0.15) is 36.7 Å². The number of hydrogen-bond donors (Lipinski definition) is 0. The molecule has 4 rings (SSSR count). The summed E-state index contributed by atoms with van der Waals surface area (Å²) in [6, 6.07) is 8.32. The van der Waals surface area contributed by atoms with Crippen molar-refractivity contribution in [1.82, 2.24) is 9.88 Å². The second kappa shape index (κ2) is 5.39. The van der Waals surface area contributed by atoms with Crippen LogP contribution in [0.3, 0.4) is 0 Å². The molecule has 0 spiro atoms. The van der Waals surface area contributed by atoms with Crippen LogP contribution in [0.15, 0.2) is 24.3 Å². The molecule has 21 heavy (non-hydrogen) atoms. The zero-order valence-electron chi connectivity index (χ0n) is 11.8. The molecule has 5 heteroatoms. The second-order valence-electron chi connectivity index (χ2n) is 5.71. The number of carbonyl (C=O) groups excluding carboxylic acids is 1. The largest absolute Gasteiger partial charge is 0.368 e. The average molecular weight is 302 g/mol. The first-order valence-electron chi connectivity index (χ1n) is 7.60. The quantitative estimate of drug-likeness (QED) is 0.856. The second-order valence-corrected chi connectivity index (χ2v) is 6.77. The maximum absolute atomic E-state index is 12.6. The molecule has 2 saturated heterocycles. The molecule has 1 aromatic carbocycles. The Bertz CT molecular complexity index is 630. The van der Waals surface area contributed by atoms with Crippen LogP contribution >= 0.6 is 11.3 Å². The van der Waals surface area contributed by atoms with E-state index in [1.54, 1.807) is 11.3 Å². The lowest BCUT2D eigenvalue weighted by Crippen LogP contribution is -2.38. The Morgan fingerprint density at radius 3 is 3.00 bits per heavy atom. The first-order valence-corrected chi connectivity index (χ1v) is 8.42. The predicted molar refractivity (Wildman–Crippen MR) is 82.3 cm³/mol. The highest BCUT2D eigenvalue weighted by Crippen LogP contribution is 2.37. The number of fused-ring (bicyclic) bond motifs is 1. The molecular weight excluding hydrogens is 284 g/mol. The molecule has 2 fully saturated rings. The van der Waals surface area contributed by atoms with Gasteiger partial charge in [0.25, 0.3) is 5.91 Å². The monoisotopic (exact) mass is 302 g/mol. The van der Waals surface area contributed by atoms with Gasteiger partial charge >= 0.3 is 0 Å². The summed E-state index contributed by atoms with van der Waals surface area (Å²) in [6.45, 7) is 1.55. The summed E-state index contributed by atoms with van der Waals surface area (Å²) in [5.41, 5.74) is 1.04. The minimum absolute atomic E-state index is 0.138. The number of ether oxygens (including phenoxy) is 1. The summed E-state index contributed by atoms with van der Waals surface area (Å²) in [5, 5.41) is 1.07. The molecule has 2 aromatic rings. The standard InChI is InChI=1S/C16H18N2O2S/c19-16(13-7-4-10-20-13)18-9-3-6-12(18)15-17-11-5-1-2-8-14(11)21-15/h1-2,5,8,12-13H,3-4,6-7,9-10H2/t12?,13-/m1/s1. The van der Waals surface area contributed by atoms with Crippen LogP contribution in [-0.4, -0.2) is 35.0 Å². The number of rotatable bonds is 2. The van der Waals surface area contributed by atoms with E-state index in [-0.39, 0.29) is 18.1 Å². The van der Waals surface area contributed by atoms with Gasteiger partial charge in [-0.1, -0.05) is 12.1 Å². The molecule has 1 aromatic heterocycles. The van der Waals surface area contributed by atoms with E-state index in [1.165, 1.54) is 4.70 Å². The Morgan fingerprint density at radius 2 is 2.19 bits per heavy atom. The molecule has 2 aliphatic rings. The van der Waals surface area contributed by atoms with Crippen molar-refractivity contribution in [1.29, 1.82) is 0 Å². The van der Waals surface area contributed by atoms with Crippen LogP contribution in [-0.2, 0) is 9.53 Å². The SMILES string of the molecule is O=C([C@H]1CCCO1)N1CCCC1c1nc2ccccc2s1. The van der Waals surface area contributed by atoms with Gasteiger partial charge in [-0.05, 0) is 37.8 Å². The Balaban J connectivity index is 1.62. The Labute approximate surface area is 127 Å². The lowest BCUT2D eigenvalue weighted by Gasteiger charge is -2.25. The van der Waals surface area contributed by atoms with E-state index in [9.17, 15) is 4.79 Å². The normalized spacial score (nSPS) is 25.8. The van der Waals surface area contributed by atoms with Crippen LogP contribution in [0.4, 0.5) is 0 Å². The lowest BCUT2D eigenvalue weighted by molar-refractivity contribution is -0.141. The van der Waals surface area contributed by atoms with Crippen molar-refractivity contribution in [2.45, 2.75) is 37.8 Å². The topological polar surface area (TPSA) is 42.4 Å². The summed E-state index contributed by atoms with van der Waals surface area (Å²) in [4.78, 5) is 19.4. The molecule has 0 radical (unpaired) electrons. The van der Waals surface area contributed by atoms with Crippen LogP contribution in [0.2, 0.25) is 0 Å². The van der Waals surface area contributed by atoms with Gasteiger partial charge in [0, 0.05) is 13.2 Å². The van der Waals surface area contributed by atoms with Crippen LogP contribution in [0.5, 0.6) is 0 Å². The molecule has 0 aliphatic carbocycles. The van der Waals surface area contributed by atoms with Crippen molar-refractivity contribution in [3.63, 3.8) is 0 Å². The third-order valence-electron chi connectivity index (χ3n) is 4.34. The summed E-state index contributed by atoms with van der Waals surface area (Å²) in [5.74, 6) is 0.161. The summed E-state index contributed by atoms with van der Waals surface area (Å²) < 4.78 is 6.76. The predicted octanol–water partition coefficient (Wildman–Crippen LogP) is 3.14. The number of aromatic nitrogens is 1. The van der Waals surface area contributed by atoms with E-state index in [0.717, 1.165) is 49.4 Å². The fraction of sp³-hybridized carbons (Fsp3) is 0.500. The van der Waals surface area contributed by atoms with Gasteiger partial charge in [0.2, 0.25) is 0 Å². The molecule has 0 bridgehead atoms. The summed E-state index contributed by atoms with van der Waals surface area (Å²) in [6.07, 6.45) is 3.70. The number of carbonyl (C=O) groups is 1. The van der Waals surface area contributed by atoms with Crippen LogP contribution < -0.4 is 0 Å². The Morgan fingerprint density at radius 1 is 1.29 bits per heavy atom. The highest BCUT2D eigenvalue weighted by Gasteiger charge is 2.37. The lowest BCUT2D eigenvalue weighted by atomic mass is 10.2. The number of nitrogens with zero attached hydrogens (tertiary/aromatic N) is 2. The van der Waals surface area contributed by atoms with E-state index in [0.29, 0.717) is 0 Å². The highest BCUT2D eigenvalue weighted by molar-refractivity contribution is 7.18. The highest BCUT2D eigenvalue weighted by atomic mass is 32.1. The maximum atomic E-state index is 12.6. The van der Waals surface area contributed by atoms with Gasteiger partial charge in [-0.15, -0.1) is 11.3 Å². The van der Waals surface area contributed by atoms with Gasteiger partial charge in [0.05, 0.1) is 16.3 Å². The van der Waals surface area contributed by atoms with E-state index in [1.807, 2.05) is 23.1 Å². The zero-order chi connectivity index (χ0) is 14.2. The Hall–Kier alpha value is -1.46. The molecule has 0 saturated carbocycles. The van der Waals surface area contributed by atoms with Gasteiger partial charge in [-0.3, -0.25) is 4.79 Å². The van der Waals surface area contributed by atoms with Crippen molar-refractivity contribution >= 4 is 27.5 Å². The first kappa shape index (κ1) is 13.2. The molecule has 4 nitrogen and oxygen atoms in total. The average Bonchev–Trinajstić information content (AvgIpc) is 3.24. The molecule has 2 aliphatic heterocycles. The third-order valence-corrected chi connectivity index (χ3v) is 5.47. The van der Waals surface area contributed by atoms with Gasteiger partial charge in [0.15, 0.2) is 0 Å². The molecule has 3 heterocycles. The van der Waals surface area contributed by atoms with Crippen molar-refractivity contribution in [2.75, 3.05) is 13.2 Å². The van der Waals surface area contributed by atoms with Gasteiger partial charge in [-0.25, -0.2) is 4.98 Å². The van der Waals surface area contributed by atoms with Crippen molar-refractivity contribution in [2.24, 2.45) is 0 Å². The molecular formula is C16H18N2O2S. The fourth-order valence-electron chi connectivity index (χ4n) is 3.28. The number of hydrogen-bond acceptors (Lipinski definition) is 4. The van der Waals surface area contributed by atoms with E-state index >= 15 is 0 Å². The number of thiazole rings is 1. The summed E-state index contributed by atoms with van der Waals surface area (Å²) >= 11 is 1.71. The smallest absolute Gasteiger partial charge is 0.252 e. The number of amides is 1. The fourth-order valence-corrected chi connectivity index (χ4v) is 4.39. The van der Waals surface area contributed by atoms with Gasteiger partial charge in [0.1, 0.15) is 11.1 Å². The Kier molecular flexibility index (Phi) is 3.39. The molecule has 1 unspecified atom stereocenters. The van der Waals surface area contributed by atoms with Crippen molar-refractivity contribution < 1.29 is 9.53 Å². The molecule has 0 N–H and O–H groups in total. The van der Waals surface area contributed by atoms with Gasteiger partial charge < -0.3 is 9.64 Å². The van der Waals surface area contributed by atoms with Gasteiger partial charge in [-0.2, -0.15) is 0 Å². The van der Waals surface area contributed by atoms with Crippen molar-refractivity contribution in [3.8, 4) is 0 Å². The number of likely N-dealkylation sites (tertiary alicyclic amines) is 1. The third kappa shape index (κ3) is 2.34. The van der Waals surface area contributed by atoms with Crippen LogP contribution in [0.25, 0.3) is 10.2 Å². The first-order chi connectivity index (χ1) is 10.3. The number of para-hydroxylation sites is 1. The minimum Gasteiger partial charge on any atom is -0.368 e. The zero-order valence-corrected chi connectivity index (χ0v) is 12.6. The minimum atomic E-state index is -0.222. The molecule has 2 atom stereocenters. The maximum Gasteiger partial charge on any atom is 0.252 e. The van der Waals surface area contributed by atoms with E-state index < -0.39 is 0 Å². The molecule has 1 amide bonds.